The van der Waals surface area contributed by atoms with Crippen LogP contribution in [0.4, 0.5) is 0 Å². The minimum Gasteiger partial charge on any atom is -0.489 e. The summed E-state index contributed by atoms with van der Waals surface area (Å²) in [5.74, 6) is 0.914. The molecule has 0 heterocycles. The molecule has 0 spiro atoms. The molecule has 1 unspecified atom stereocenters. The van der Waals surface area contributed by atoms with Gasteiger partial charge >= 0.3 is 0 Å². The minimum atomic E-state index is 0.225. The molecule has 1 aromatic carbocycles. The van der Waals surface area contributed by atoms with Crippen LogP contribution in [0.25, 0.3) is 0 Å². The topological polar surface area (TPSA) is 30.5 Å². The number of hydrogen-bond acceptors (Lipinski definition) is 3. The maximum atomic E-state index is 5.87. The molecule has 0 bridgehead atoms. The summed E-state index contributed by atoms with van der Waals surface area (Å²) in [7, 11) is 3.64. The molecule has 0 amide bonds. The van der Waals surface area contributed by atoms with Crippen LogP contribution in [0.3, 0.4) is 0 Å². The Morgan fingerprint density at radius 1 is 1.38 bits per heavy atom. The van der Waals surface area contributed by atoms with Crippen molar-refractivity contribution in [2.45, 2.75) is 26.1 Å². The van der Waals surface area contributed by atoms with Crippen molar-refractivity contribution in [3.8, 4) is 5.75 Å². The molecule has 0 radical (unpaired) electrons. The lowest BCUT2D eigenvalue weighted by atomic mass is 10.2. The summed E-state index contributed by atoms with van der Waals surface area (Å²) >= 11 is 0. The number of ether oxygens (including phenoxy) is 2. The Morgan fingerprint density at radius 2 is 2.19 bits per heavy atom. The second kappa shape index (κ2) is 7.25. The molecule has 90 valence electrons. The molecular weight excluding hydrogens is 202 g/mol. The molecule has 0 fully saturated rings. The van der Waals surface area contributed by atoms with Crippen molar-refractivity contribution in [3.63, 3.8) is 0 Å². The first-order chi connectivity index (χ1) is 7.80. The fraction of sp³-hybridized carbons (Fsp3) is 0.538. The molecular formula is C13H21NO2. The van der Waals surface area contributed by atoms with Crippen molar-refractivity contribution in [1.29, 1.82) is 0 Å². The lowest BCUT2D eigenvalue weighted by molar-refractivity contribution is 0.181. The zero-order chi connectivity index (χ0) is 11.8. The highest BCUT2D eigenvalue weighted by atomic mass is 16.5. The Morgan fingerprint density at radius 3 is 2.81 bits per heavy atom. The first-order valence-electron chi connectivity index (χ1n) is 5.69. The zero-order valence-electron chi connectivity index (χ0n) is 10.3. The summed E-state index contributed by atoms with van der Waals surface area (Å²) in [5, 5.41) is 3.13. The van der Waals surface area contributed by atoms with Crippen molar-refractivity contribution in [3.05, 3.63) is 29.8 Å². The van der Waals surface area contributed by atoms with Gasteiger partial charge < -0.3 is 14.8 Å². The number of rotatable bonds is 7. The second-order valence-corrected chi connectivity index (χ2v) is 3.79. The van der Waals surface area contributed by atoms with Crippen molar-refractivity contribution in [1.82, 2.24) is 5.32 Å². The molecule has 1 aromatic rings. The maximum Gasteiger partial charge on any atom is 0.120 e. The highest BCUT2D eigenvalue weighted by Crippen LogP contribution is 2.16. The van der Waals surface area contributed by atoms with Crippen molar-refractivity contribution < 1.29 is 9.47 Å². The highest BCUT2D eigenvalue weighted by Gasteiger charge is 2.06. The van der Waals surface area contributed by atoms with Gasteiger partial charge in [0.1, 0.15) is 11.9 Å². The average Bonchev–Trinajstić information content (AvgIpc) is 2.29. The Hall–Kier alpha value is -1.06. The molecule has 1 N–H and O–H groups in total. The Balaban J connectivity index is 2.60. The van der Waals surface area contributed by atoms with Gasteiger partial charge in [-0.1, -0.05) is 19.1 Å². The Labute approximate surface area is 97.8 Å². The van der Waals surface area contributed by atoms with Gasteiger partial charge in [-0.15, -0.1) is 0 Å². The molecule has 0 saturated heterocycles. The number of methoxy groups -OCH3 is 1. The molecule has 0 saturated carbocycles. The lowest BCUT2D eigenvalue weighted by Crippen LogP contribution is -2.28. The summed E-state index contributed by atoms with van der Waals surface area (Å²) in [4.78, 5) is 0. The third-order valence-electron chi connectivity index (χ3n) is 2.40. The molecule has 3 heteroatoms. The van der Waals surface area contributed by atoms with E-state index in [9.17, 15) is 0 Å². The van der Waals surface area contributed by atoms with Gasteiger partial charge in [0.25, 0.3) is 0 Å². The Kier molecular flexibility index (Phi) is 5.90. The van der Waals surface area contributed by atoms with Crippen molar-refractivity contribution in [2.75, 3.05) is 20.7 Å². The van der Waals surface area contributed by atoms with Gasteiger partial charge in [0.15, 0.2) is 0 Å². The van der Waals surface area contributed by atoms with Gasteiger partial charge in [0.05, 0.1) is 6.61 Å². The van der Waals surface area contributed by atoms with E-state index in [1.165, 1.54) is 0 Å². The smallest absolute Gasteiger partial charge is 0.120 e. The second-order valence-electron chi connectivity index (χ2n) is 3.79. The summed E-state index contributed by atoms with van der Waals surface area (Å²) in [6.07, 6.45) is 1.22. The fourth-order valence-electron chi connectivity index (χ4n) is 1.56. The van der Waals surface area contributed by atoms with E-state index in [0.29, 0.717) is 6.61 Å². The number of hydrogen-bond donors (Lipinski definition) is 1. The molecule has 0 aliphatic carbocycles. The van der Waals surface area contributed by atoms with E-state index in [2.05, 4.69) is 12.2 Å². The van der Waals surface area contributed by atoms with E-state index in [1.807, 2.05) is 31.3 Å². The van der Waals surface area contributed by atoms with Crippen LogP contribution in [0.2, 0.25) is 0 Å². The van der Waals surface area contributed by atoms with Gasteiger partial charge in [0, 0.05) is 13.7 Å². The number of benzene rings is 1. The molecule has 1 atom stereocenters. The van der Waals surface area contributed by atoms with Gasteiger partial charge in [-0.2, -0.15) is 0 Å². The lowest BCUT2D eigenvalue weighted by Gasteiger charge is -2.17. The van der Waals surface area contributed by atoms with Crippen LogP contribution in [0.15, 0.2) is 24.3 Å². The van der Waals surface area contributed by atoms with Gasteiger partial charge in [0.2, 0.25) is 0 Å². The van der Waals surface area contributed by atoms with Crippen molar-refractivity contribution >= 4 is 0 Å². The molecule has 16 heavy (non-hydrogen) atoms. The highest BCUT2D eigenvalue weighted by molar-refractivity contribution is 5.28. The third kappa shape index (κ3) is 4.21. The Bertz CT molecular complexity index is 302. The number of likely N-dealkylation sites (N-methyl/N-ethyl adjacent to an activating group) is 1. The van der Waals surface area contributed by atoms with Crippen LogP contribution in [0, 0.1) is 0 Å². The molecule has 0 aromatic heterocycles. The SMILES string of the molecule is CCC(CNC)Oc1cccc(COC)c1. The van der Waals surface area contributed by atoms with Gasteiger partial charge in [-0.05, 0) is 31.2 Å². The number of nitrogens with one attached hydrogen (secondary N) is 1. The van der Waals surface area contributed by atoms with Crippen LogP contribution in [0.5, 0.6) is 5.75 Å². The first-order valence-corrected chi connectivity index (χ1v) is 5.69. The predicted molar refractivity (Wildman–Crippen MR) is 65.8 cm³/mol. The normalized spacial score (nSPS) is 12.4. The first kappa shape index (κ1) is 13.0. The standard InChI is InChI=1S/C13H21NO2/c1-4-12(9-14-2)16-13-7-5-6-11(8-13)10-15-3/h5-8,12,14H,4,9-10H2,1-3H3. The van der Waals surface area contributed by atoms with Crippen LogP contribution in [0.1, 0.15) is 18.9 Å². The molecule has 1 rings (SSSR count). The average molecular weight is 223 g/mol. The third-order valence-corrected chi connectivity index (χ3v) is 2.40. The van der Waals surface area contributed by atoms with Crippen molar-refractivity contribution in [2.24, 2.45) is 0 Å². The van der Waals surface area contributed by atoms with E-state index >= 15 is 0 Å². The van der Waals surface area contributed by atoms with Gasteiger partial charge in [-0.3, -0.25) is 0 Å². The summed E-state index contributed by atoms with van der Waals surface area (Å²) in [6.45, 7) is 3.62. The van der Waals surface area contributed by atoms with Crippen LogP contribution in [-0.4, -0.2) is 26.8 Å². The van der Waals surface area contributed by atoms with E-state index < -0.39 is 0 Å². The van der Waals surface area contributed by atoms with Crippen LogP contribution >= 0.6 is 0 Å². The maximum absolute atomic E-state index is 5.87. The summed E-state index contributed by atoms with van der Waals surface area (Å²) in [6, 6.07) is 8.05. The fourth-order valence-corrected chi connectivity index (χ4v) is 1.56. The summed E-state index contributed by atoms with van der Waals surface area (Å²) in [5.41, 5.74) is 1.14. The van der Waals surface area contributed by atoms with Crippen LogP contribution in [-0.2, 0) is 11.3 Å². The quantitative estimate of drug-likeness (QED) is 0.768. The van der Waals surface area contributed by atoms with Gasteiger partial charge in [-0.25, -0.2) is 0 Å². The molecule has 3 nitrogen and oxygen atoms in total. The van der Waals surface area contributed by atoms with E-state index in [0.717, 1.165) is 24.3 Å². The zero-order valence-corrected chi connectivity index (χ0v) is 10.3. The summed E-state index contributed by atoms with van der Waals surface area (Å²) < 4.78 is 11.0. The molecule has 0 aliphatic rings. The van der Waals surface area contributed by atoms with E-state index in [-0.39, 0.29) is 6.10 Å². The predicted octanol–water partition coefficient (Wildman–Crippen LogP) is 2.21. The van der Waals surface area contributed by atoms with E-state index in [4.69, 9.17) is 9.47 Å². The monoisotopic (exact) mass is 223 g/mol. The minimum absolute atomic E-state index is 0.225. The van der Waals surface area contributed by atoms with E-state index in [1.54, 1.807) is 7.11 Å². The molecule has 0 aliphatic heterocycles. The largest absolute Gasteiger partial charge is 0.489 e. The van der Waals surface area contributed by atoms with Crippen LogP contribution < -0.4 is 10.1 Å².